The standard InChI is InChI=1S/C21H29N5O2.2ClH/c27-20(8-4-7-18-17-11-15(13-24-18)12-22-14-17)23-10-9-19-25-21(28-26-19)16-5-2-1-3-6-16;;/h1-3,5-6,15,17-18,22,24H,4,7-14H2,(H,23,27);2*1H/t15-,17+,18-;;/m0../s1. The minimum atomic E-state index is 0. The Kier molecular flexibility index (Phi) is 10.0. The quantitative estimate of drug-likeness (QED) is 0.566. The molecule has 1 amide bonds. The Morgan fingerprint density at radius 2 is 2.00 bits per heavy atom. The molecule has 1 aromatic carbocycles. The number of halogens is 2. The summed E-state index contributed by atoms with van der Waals surface area (Å²) in [7, 11) is 0. The summed E-state index contributed by atoms with van der Waals surface area (Å²) in [5.74, 6) is 2.73. The van der Waals surface area contributed by atoms with Gasteiger partial charge in [0.1, 0.15) is 0 Å². The van der Waals surface area contributed by atoms with Crippen LogP contribution in [-0.2, 0) is 11.2 Å². The van der Waals surface area contributed by atoms with Crippen LogP contribution < -0.4 is 16.0 Å². The first-order chi connectivity index (χ1) is 13.8. The summed E-state index contributed by atoms with van der Waals surface area (Å²) >= 11 is 0. The van der Waals surface area contributed by atoms with Crippen molar-refractivity contribution in [3.63, 3.8) is 0 Å². The molecule has 1 aromatic heterocycles. The van der Waals surface area contributed by atoms with Crippen LogP contribution >= 0.6 is 24.8 Å². The maximum Gasteiger partial charge on any atom is 0.257 e. The Labute approximate surface area is 190 Å². The summed E-state index contributed by atoms with van der Waals surface area (Å²) in [6, 6.07) is 10.2. The minimum Gasteiger partial charge on any atom is -0.356 e. The van der Waals surface area contributed by atoms with Crippen molar-refractivity contribution in [1.29, 1.82) is 0 Å². The normalized spacial score (nSPS) is 22.5. The topological polar surface area (TPSA) is 92.1 Å². The maximum absolute atomic E-state index is 12.1. The molecule has 2 aliphatic rings. The first-order valence-corrected chi connectivity index (χ1v) is 10.4. The molecule has 0 radical (unpaired) electrons. The van der Waals surface area contributed by atoms with Crippen LogP contribution in [0.2, 0.25) is 0 Å². The third-order valence-electron chi connectivity index (χ3n) is 5.79. The van der Waals surface area contributed by atoms with Crippen molar-refractivity contribution in [2.45, 2.75) is 38.1 Å². The van der Waals surface area contributed by atoms with Crippen LogP contribution in [-0.4, -0.2) is 48.3 Å². The lowest BCUT2D eigenvalue weighted by atomic mass is 9.80. The van der Waals surface area contributed by atoms with E-state index in [2.05, 4.69) is 26.1 Å². The molecule has 2 aliphatic heterocycles. The van der Waals surface area contributed by atoms with E-state index in [9.17, 15) is 4.79 Å². The van der Waals surface area contributed by atoms with Gasteiger partial charge >= 0.3 is 0 Å². The van der Waals surface area contributed by atoms with Crippen molar-refractivity contribution in [2.75, 3.05) is 26.2 Å². The summed E-state index contributed by atoms with van der Waals surface area (Å²) in [5.41, 5.74) is 0.904. The lowest BCUT2D eigenvalue weighted by Gasteiger charge is -2.41. The number of rotatable bonds is 8. The molecule has 2 fully saturated rings. The zero-order valence-corrected chi connectivity index (χ0v) is 18.6. The Bertz CT molecular complexity index is 774. The fraction of sp³-hybridized carbons (Fsp3) is 0.571. The van der Waals surface area contributed by atoms with E-state index >= 15 is 0 Å². The number of nitrogens with one attached hydrogen (secondary N) is 3. The number of aromatic nitrogens is 2. The van der Waals surface area contributed by atoms with Crippen LogP contribution in [0.3, 0.4) is 0 Å². The van der Waals surface area contributed by atoms with E-state index in [1.807, 2.05) is 30.3 Å². The zero-order valence-electron chi connectivity index (χ0n) is 17.0. The second-order valence-electron chi connectivity index (χ2n) is 7.91. The number of benzene rings is 1. The molecule has 3 N–H and O–H groups in total. The van der Waals surface area contributed by atoms with E-state index in [4.69, 9.17) is 4.52 Å². The van der Waals surface area contributed by atoms with E-state index in [1.54, 1.807) is 0 Å². The van der Waals surface area contributed by atoms with Gasteiger partial charge in [-0.3, -0.25) is 4.79 Å². The molecule has 30 heavy (non-hydrogen) atoms. The predicted molar refractivity (Wildman–Crippen MR) is 121 cm³/mol. The van der Waals surface area contributed by atoms with E-state index < -0.39 is 0 Å². The van der Waals surface area contributed by atoms with Gasteiger partial charge in [-0.15, -0.1) is 24.8 Å². The minimum absolute atomic E-state index is 0. The predicted octanol–water partition coefficient (Wildman–Crippen LogP) is 2.61. The highest BCUT2D eigenvalue weighted by molar-refractivity contribution is 5.85. The lowest BCUT2D eigenvalue weighted by molar-refractivity contribution is -0.121. The molecule has 2 bridgehead atoms. The van der Waals surface area contributed by atoms with E-state index in [-0.39, 0.29) is 30.7 Å². The van der Waals surface area contributed by atoms with Crippen molar-refractivity contribution in [3.8, 4) is 11.5 Å². The number of nitrogens with zero attached hydrogens (tertiary/aromatic N) is 2. The van der Waals surface area contributed by atoms with Gasteiger partial charge < -0.3 is 20.5 Å². The highest BCUT2D eigenvalue weighted by Gasteiger charge is 2.32. The van der Waals surface area contributed by atoms with Crippen molar-refractivity contribution < 1.29 is 9.32 Å². The number of piperidine rings is 2. The Hall–Kier alpha value is -1.67. The molecule has 2 aromatic rings. The van der Waals surface area contributed by atoms with Crippen LogP contribution in [0.15, 0.2) is 34.9 Å². The molecule has 166 valence electrons. The maximum atomic E-state index is 12.1. The summed E-state index contributed by atoms with van der Waals surface area (Å²) in [5, 5.41) is 14.2. The second-order valence-corrected chi connectivity index (χ2v) is 7.91. The smallest absolute Gasteiger partial charge is 0.257 e. The molecule has 2 saturated heterocycles. The van der Waals surface area contributed by atoms with Gasteiger partial charge in [-0.05, 0) is 62.9 Å². The summed E-state index contributed by atoms with van der Waals surface area (Å²) < 4.78 is 5.29. The molecular weight excluding hydrogens is 425 g/mol. The van der Waals surface area contributed by atoms with Gasteiger partial charge in [0.2, 0.25) is 5.91 Å². The average molecular weight is 456 g/mol. The van der Waals surface area contributed by atoms with E-state index in [1.165, 1.54) is 6.42 Å². The van der Waals surface area contributed by atoms with Crippen molar-refractivity contribution in [1.82, 2.24) is 26.1 Å². The van der Waals surface area contributed by atoms with Gasteiger partial charge in [0.05, 0.1) is 0 Å². The molecule has 9 heteroatoms. The Morgan fingerprint density at radius 3 is 2.83 bits per heavy atom. The number of hydrogen-bond donors (Lipinski definition) is 3. The summed E-state index contributed by atoms with van der Waals surface area (Å²) in [6.45, 7) is 3.89. The fourth-order valence-corrected chi connectivity index (χ4v) is 4.29. The molecular formula is C21H31Cl2N5O2. The van der Waals surface area contributed by atoms with Gasteiger partial charge in [-0.25, -0.2) is 0 Å². The van der Waals surface area contributed by atoms with Crippen LogP contribution in [0.5, 0.6) is 0 Å². The molecule has 7 nitrogen and oxygen atoms in total. The highest BCUT2D eigenvalue weighted by atomic mass is 35.5. The summed E-state index contributed by atoms with van der Waals surface area (Å²) in [6.07, 6.45) is 4.46. The highest BCUT2D eigenvalue weighted by Crippen LogP contribution is 2.26. The Balaban J connectivity index is 0.00000160. The van der Waals surface area contributed by atoms with Crippen molar-refractivity contribution in [2.24, 2.45) is 11.8 Å². The molecule has 4 rings (SSSR count). The number of carbonyl (C=O) groups is 1. The first-order valence-electron chi connectivity index (χ1n) is 10.4. The SMILES string of the molecule is Cl.Cl.O=C(CCC[C@@H]1NC[C@@H]2CNC[C@H]1C2)NCCc1noc(-c2ccccc2)n1. The molecule has 0 aliphatic carbocycles. The van der Waals surface area contributed by atoms with Crippen LogP contribution in [0.4, 0.5) is 0 Å². The summed E-state index contributed by atoms with van der Waals surface area (Å²) in [4.78, 5) is 16.5. The monoisotopic (exact) mass is 455 g/mol. The second kappa shape index (κ2) is 12.2. The number of hydrogen-bond acceptors (Lipinski definition) is 6. The molecule has 3 heterocycles. The third kappa shape index (κ3) is 6.67. The zero-order chi connectivity index (χ0) is 19.2. The van der Waals surface area contributed by atoms with Gasteiger partial charge in [-0.1, -0.05) is 23.4 Å². The third-order valence-corrected chi connectivity index (χ3v) is 5.79. The van der Waals surface area contributed by atoms with Crippen LogP contribution in [0, 0.1) is 11.8 Å². The lowest BCUT2D eigenvalue weighted by Crippen LogP contribution is -2.54. The largest absolute Gasteiger partial charge is 0.356 e. The van der Waals surface area contributed by atoms with Gasteiger partial charge in [-0.2, -0.15) is 4.98 Å². The first kappa shape index (κ1) is 24.6. The molecule has 0 unspecified atom stereocenters. The number of amides is 1. The van der Waals surface area contributed by atoms with Gasteiger partial charge in [0.15, 0.2) is 5.82 Å². The molecule has 0 saturated carbocycles. The molecule has 3 atom stereocenters. The number of carbonyl (C=O) groups excluding carboxylic acids is 1. The van der Waals surface area contributed by atoms with Crippen molar-refractivity contribution >= 4 is 30.7 Å². The molecule has 0 spiro atoms. The Morgan fingerprint density at radius 1 is 1.17 bits per heavy atom. The van der Waals surface area contributed by atoms with Crippen LogP contribution in [0.1, 0.15) is 31.5 Å². The van der Waals surface area contributed by atoms with E-state index in [0.29, 0.717) is 43.1 Å². The number of fused-ring (bicyclic) bond motifs is 2. The van der Waals surface area contributed by atoms with E-state index in [0.717, 1.165) is 44.0 Å². The van der Waals surface area contributed by atoms with Crippen molar-refractivity contribution in [3.05, 3.63) is 36.2 Å². The average Bonchev–Trinajstić information content (AvgIpc) is 3.20. The fourth-order valence-electron chi connectivity index (χ4n) is 4.29. The van der Waals surface area contributed by atoms with Gasteiger partial charge in [0.25, 0.3) is 5.89 Å². The van der Waals surface area contributed by atoms with Crippen LogP contribution in [0.25, 0.3) is 11.5 Å². The van der Waals surface area contributed by atoms with Gasteiger partial charge in [0, 0.05) is 31.0 Å².